The van der Waals surface area contributed by atoms with E-state index in [0.29, 0.717) is 6.61 Å². The van der Waals surface area contributed by atoms with Crippen LogP contribution >= 0.6 is 11.6 Å². The average Bonchev–Trinajstić information content (AvgIpc) is 2.24. The van der Waals surface area contributed by atoms with Crippen molar-refractivity contribution in [2.45, 2.75) is 27.2 Å². The molecule has 0 unspecified atom stereocenters. The Morgan fingerprint density at radius 3 is 2.67 bits per heavy atom. The number of halogens is 1. The molecule has 0 saturated carbocycles. The first-order valence-corrected chi connectivity index (χ1v) is 5.52. The lowest BCUT2D eigenvalue weighted by Crippen LogP contribution is -2.01. The molecule has 0 atom stereocenters. The second kappa shape index (κ2) is 5.76. The highest BCUT2D eigenvalue weighted by atomic mass is 35.5. The van der Waals surface area contributed by atoms with Gasteiger partial charge in [-0.25, -0.2) is 0 Å². The van der Waals surface area contributed by atoms with Crippen molar-refractivity contribution in [1.29, 1.82) is 0 Å². The van der Waals surface area contributed by atoms with Gasteiger partial charge < -0.3 is 4.84 Å². The molecule has 0 aliphatic heterocycles. The maximum Gasteiger partial charge on any atom is 0.114 e. The van der Waals surface area contributed by atoms with Crippen LogP contribution in [0.3, 0.4) is 0 Å². The smallest absolute Gasteiger partial charge is 0.114 e. The van der Waals surface area contributed by atoms with Crippen LogP contribution in [0.2, 0.25) is 5.02 Å². The first kappa shape index (κ1) is 12.1. The summed E-state index contributed by atoms with van der Waals surface area (Å²) in [6, 6.07) is 5.89. The zero-order valence-electron chi connectivity index (χ0n) is 9.38. The Kier molecular flexibility index (Phi) is 4.63. The Labute approximate surface area is 95.9 Å². The van der Waals surface area contributed by atoms with E-state index in [2.05, 4.69) is 12.1 Å². The molecular weight excluding hydrogens is 210 g/mol. The zero-order valence-corrected chi connectivity index (χ0v) is 10.1. The van der Waals surface area contributed by atoms with Crippen molar-refractivity contribution < 1.29 is 4.84 Å². The second-order valence-corrected chi connectivity index (χ2v) is 3.68. The molecule has 0 amide bonds. The Bertz CT molecular complexity index is 361. The predicted molar refractivity (Wildman–Crippen MR) is 64.6 cm³/mol. The van der Waals surface area contributed by atoms with Crippen molar-refractivity contribution in [3.63, 3.8) is 0 Å². The van der Waals surface area contributed by atoms with E-state index >= 15 is 0 Å². The Morgan fingerprint density at radius 1 is 1.40 bits per heavy atom. The van der Waals surface area contributed by atoms with E-state index in [4.69, 9.17) is 16.4 Å². The fraction of sp³-hybridized carbons (Fsp3) is 0.417. The lowest BCUT2D eigenvalue weighted by atomic mass is 10.1. The molecule has 0 spiro atoms. The van der Waals surface area contributed by atoms with E-state index in [-0.39, 0.29) is 0 Å². The molecule has 0 saturated heterocycles. The minimum atomic E-state index is 0.593. The van der Waals surface area contributed by atoms with E-state index in [1.54, 1.807) is 0 Å². The lowest BCUT2D eigenvalue weighted by molar-refractivity contribution is 0.158. The standard InChI is InChI=1S/C12H16ClNO/c1-4-12(14-15-5-2)10-6-7-11(13)9(3)8-10/h6-8H,4-5H2,1-3H3. The fourth-order valence-electron chi connectivity index (χ4n) is 1.29. The van der Waals surface area contributed by atoms with E-state index < -0.39 is 0 Å². The zero-order chi connectivity index (χ0) is 11.3. The normalized spacial score (nSPS) is 11.6. The van der Waals surface area contributed by atoms with Gasteiger partial charge in [0.2, 0.25) is 0 Å². The number of nitrogens with zero attached hydrogens (tertiary/aromatic N) is 1. The number of oxime groups is 1. The molecule has 0 N–H and O–H groups in total. The number of rotatable bonds is 4. The van der Waals surface area contributed by atoms with Gasteiger partial charge in [0.15, 0.2) is 0 Å². The molecule has 0 aliphatic rings. The van der Waals surface area contributed by atoms with Crippen molar-refractivity contribution in [2.75, 3.05) is 6.61 Å². The van der Waals surface area contributed by atoms with Crippen molar-refractivity contribution in [3.05, 3.63) is 34.3 Å². The van der Waals surface area contributed by atoms with Crippen LogP contribution < -0.4 is 0 Å². The molecule has 2 nitrogen and oxygen atoms in total. The van der Waals surface area contributed by atoms with Crippen LogP contribution in [0.1, 0.15) is 31.4 Å². The monoisotopic (exact) mass is 225 g/mol. The minimum absolute atomic E-state index is 0.593. The van der Waals surface area contributed by atoms with Gasteiger partial charge in [0, 0.05) is 5.02 Å². The van der Waals surface area contributed by atoms with E-state index in [1.807, 2.05) is 32.0 Å². The second-order valence-electron chi connectivity index (χ2n) is 3.27. The molecular formula is C12H16ClNO. The van der Waals surface area contributed by atoms with Gasteiger partial charge in [-0.05, 0) is 43.5 Å². The Morgan fingerprint density at radius 2 is 2.13 bits per heavy atom. The van der Waals surface area contributed by atoms with Crippen LogP contribution in [0, 0.1) is 6.92 Å². The maximum absolute atomic E-state index is 5.96. The van der Waals surface area contributed by atoms with Crippen molar-refractivity contribution in [1.82, 2.24) is 0 Å². The molecule has 0 aromatic heterocycles. The molecule has 1 aromatic carbocycles. The maximum atomic E-state index is 5.96. The van der Waals surface area contributed by atoms with Crippen LogP contribution in [0.4, 0.5) is 0 Å². The summed E-state index contributed by atoms with van der Waals surface area (Å²) in [6.07, 6.45) is 0.848. The highest BCUT2D eigenvalue weighted by Crippen LogP contribution is 2.17. The third-order valence-electron chi connectivity index (χ3n) is 2.13. The first-order chi connectivity index (χ1) is 7.19. The van der Waals surface area contributed by atoms with Crippen LogP contribution in [0.25, 0.3) is 0 Å². The molecule has 0 radical (unpaired) electrons. The molecule has 0 heterocycles. The molecule has 82 valence electrons. The van der Waals surface area contributed by atoms with Crippen molar-refractivity contribution in [3.8, 4) is 0 Å². The number of hydrogen-bond donors (Lipinski definition) is 0. The van der Waals surface area contributed by atoms with Gasteiger partial charge >= 0.3 is 0 Å². The predicted octanol–water partition coefficient (Wildman–Crippen LogP) is 3.80. The molecule has 1 aromatic rings. The minimum Gasteiger partial charge on any atom is -0.396 e. The summed E-state index contributed by atoms with van der Waals surface area (Å²) in [6.45, 7) is 6.56. The van der Waals surface area contributed by atoms with Gasteiger partial charge in [0.25, 0.3) is 0 Å². The van der Waals surface area contributed by atoms with Crippen LogP contribution in [-0.2, 0) is 4.84 Å². The molecule has 0 aliphatic carbocycles. The molecule has 3 heteroatoms. The quantitative estimate of drug-likeness (QED) is 0.564. The molecule has 1 rings (SSSR count). The van der Waals surface area contributed by atoms with Crippen LogP contribution in [0.5, 0.6) is 0 Å². The van der Waals surface area contributed by atoms with Crippen molar-refractivity contribution >= 4 is 17.3 Å². The van der Waals surface area contributed by atoms with Gasteiger partial charge in [0.1, 0.15) is 6.61 Å². The van der Waals surface area contributed by atoms with Crippen LogP contribution in [0.15, 0.2) is 23.4 Å². The molecule has 15 heavy (non-hydrogen) atoms. The summed E-state index contributed by atoms with van der Waals surface area (Å²) in [5.74, 6) is 0. The van der Waals surface area contributed by atoms with Gasteiger partial charge in [-0.15, -0.1) is 0 Å². The Hall–Kier alpha value is -1.02. The van der Waals surface area contributed by atoms with Gasteiger partial charge in [-0.2, -0.15) is 0 Å². The lowest BCUT2D eigenvalue weighted by Gasteiger charge is -2.05. The van der Waals surface area contributed by atoms with E-state index in [1.165, 1.54) is 0 Å². The fourth-order valence-corrected chi connectivity index (χ4v) is 1.41. The summed E-state index contributed by atoms with van der Waals surface area (Å²) in [5, 5.41) is 4.86. The summed E-state index contributed by atoms with van der Waals surface area (Å²) < 4.78 is 0. The number of aryl methyl sites for hydroxylation is 1. The van der Waals surface area contributed by atoms with E-state index in [0.717, 1.165) is 28.3 Å². The van der Waals surface area contributed by atoms with Crippen LogP contribution in [-0.4, -0.2) is 12.3 Å². The van der Waals surface area contributed by atoms with Gasteiger partial charge in [0.05, 0.1) is 5.71 Å². The SMILES string of the molecule is CCON=C(CC)c1ccc(Cl)c(C)c1. The number of benzene rings is 1. The summed E-state index contributed by atoms with van der Waals surface area (Å²) in [7, 11) is 0. The average molecular weight is 226 g/mol. The Balaban J connectivity index is 2.97. The summed E-state index contributed by atoms with van der Waals surface area (Å²) in [4.78, 5) is 5.07. The highest BCUT2D eigenvalue weighted by Gasteiger charge is 2.04. The summed E-state index contributed by atoms with van der Waals surface area (Å²) >= 11 is 5.96. The third-order valence-corrected chi connectivity index (χ3v) is 2.55. The van der Waals surface area contributed by atoms with Gasteiger partial charge in [-0.3, -0.25) is 0 Å². The highest BCUT2D eigenvalue weighted by molar-refractivity contribution is 6.31. The largest absolute Gasteiger partial charge is 0.396 e. The number of hydrogen-bond acceptors (Lipinski definition) is 2. The van der Waals surface area contributed by atoms with Gasteiger partial charge in [-0.1, -0.05) is 29.7 Å². The molecule has 0 bridgehead atoms. The topological polar surface area (TPSA) is 21.6 Å². The van der Waals surface area contributed by atoms with E-state index in [9.17, 15) is 0 Å². The third kappa shape index (κ3) is 3.24. The first-order valence-electron chi connectivity index (χ1n) is 5.14. The summed E-state index contributed by atoms with van der Waals surface area (Å²) in [5.41, 5.74) is 3.09. The molecule has 0 fully saturated rings. The van der Waals surface area contributed by atoms with Crippen molar-refractivity contribution in [2.24, 2.45) is 5.16 Å².